The molecule has 0 spiro atoms. The molecule has 1 amide bonds. The number of alkyl halides is 3. The number of hydrogen-bond donors (Lipinski definition) is 3. The van der Waals surface area contributed by atoms with E-state index >= 15 is 0 Å². The molecule has 11 heteroatoms. The third-order valence-corrected chi connectivity index (χ3v) is 5.28. The van der Waals surface area contributed by atoms with Gasteiger partial charge in [0.15, 0.2) is 6.10 Å². The van der Waals surface area contributed by atoms with E-state index in [-0.39, 0.29) is 23.0 Å². The minimum Gasteiger partial charge on any atom is -0.480 e. The maximum absolute atomic E-state index is 13.1. The number of halogens is 4. The molecule has 1 saturated heterocycles. The average Bonchev–Trinajstić information content (AvgIpc) is 2.74. The fraction of sp³-hybridized carbons (Fsp3) is 0.364. The second kappa shape index (κ2) is 10.3. The smallest absolute Gasteiger partial charge is 0.393 e. The largest absolute Gasteiger partial charge is 0.480 e. The van der Waals surface area contributed by atoms with Gasteiger partial charge in [0, 0.05) is 36.4 Å². The normalized spacial score (nSPS) is 17.4. The number of amides is 1. The van der Waals surface area contributed by atoms with Crippen molar-refractivity contribution in [2.75, 3.05) is 29.9 Å². The van der Waals surface area contributed by atoms with Crippen molar-refractivity contribution < 1.29 is 32.6 Å². The highest BCUT2D eigenvalue weighted by atomic mass is 35.5. The van der Waals surface area contributed by atoms with Crippen molar-refractivity contribution in [3.8, 4) is 5.75 Å². The van der Waals surface area contributed by atoms with Crippen molar-refractivity contribution in [3.05, 3.63) is 53.1 Å². The second-order valence-corrected chi connectivity index (χ2v) is 8.14. The predicted octanol–water partition coefficient (Wildman–Crippen LogP) is 4.17. The van der Waals surface area contributed by atoms with Gasteiger partial charge in [0.25, 0.3) is 5.91 Å². The van der Waals surface area contributed by atoms with E-state index in [1.54, 1.807) is 6.07 Å². The number of anilines is 2. The molecule has 2 aromatic rings. The first-order chi connectivity index (χ1) is 15.5. The van der Waals surface area contributed by atoms with Gasteiger partial charge in [-0.2, -0.15) is 13.2 Å². The quantitative estimate of drug-likeness (QED) is 0.545. The molecule has 0 unspecified atom stereocenters. The van der Waals surface area contributed by atoms with E-state index in [2.05, 4.69) is 10.6 Å². The van der Waals surface area contributed by atoms with Crippen LogP contribution >= 0.6 is 11.6 Å². The Hall–Kier alpha value is -2.98. The Labute approximate surface area is 193 Å². The van der Waals surface area contributed by atoms with Crippen LogP contribution in [0.3, 0.4) is 0 Å². The van der Waals surface area contributed by atoms with E-state index < -0.39 is 30.6 Å². The van der Waals surface area contributed by atoms with Gasteiger partial charge in [-0.05, 0) is 49.4 Å². The van der Waals surface area contributed by atoms with Gasteiger partial charge in [-0.1, -0.05) is 11.6 Å². The molecule has 3 N–H and O–H groups in total. The molecular formula is C22H23ClF3N3O4. The lowest BCUT2D eigenvalue weighted by atomic mass is 10.1. The fourth-order valence-electron chi connectivity index (χ4n) is 3.47. The van der Waals surface area contributed by atoms with Crippen molar-refractivity contribution in [1.29, 1.82) is 0 Å². The highest BCUT2D eigenvalue weighted by Gasteiger charge is 2.37. The SMILES string of the molecule is C[C@H]1CN(c2ccc(NC(=O)[C@H](CC(F)(F)F)Oc3ccc(Cl)cc3)c(C(=O)O)c2)CCN1. The van der Waals surface area contributed by atoms with Gasteiger partial charge in [0.1, 0.15) is 5.75 Å². The molecule has 0 bridgehead atoms. The molecule has 178 valence electrons. The van der Waals surface area contributed by atoms with Crippen molar-refractivity contribution in [2.45, 2.75) is 31.7 Å². The summed E-state index contributed by atoms with van der Waals surface area (Å²) in [7, 11) is 0. The lowest BCUT2D eigenvalue weighted by Crippen LogP contribution is -2.49. The van der Waals surface area contributed by atoms with Crippen molar-refractivity contribution in [1.82, 2.24) is 5.32 Å². The van der Waals surface area contributed by atoms with Gasteiger partial charge in [-0.3, -0.25) is 4.79 Å². The standard InChI is InChI=1S/C22H23ClF3N3O4/c1-13-12-29(9-8-27-13)15-4-7-18(17(10-15)21(31)32)28-20(30)19(11-22(24,25)26)33-16-5-2-14(23)3-6-16/h2-7,10,13,19,27H,8-9,11-12H2,1H3,(H,28,30)(H,31,32)/t13-,19-/m0/s1. The maximum atomic E-state index is 13.1. The van der Waals surface area contributed by atoms with Gasteiger partial charge in [0.05, 0.1) is 17.7 Å². The summed E-state index contributed by atoms with van der Waals surface area (Å²) < 4.78 is 44.5. The Morgan fingerprint density at radius 2 is 1.97 bits per heavy atom. The number of benzene rings is 2. The Morgan fingerprint density at radius 3 is 2.58 bits per heavy atom. The average molecular weight is 486 g/mol. The number of hydrogen-bond acceptors (Lipinski definition) is 5. The fourth-order valence-corrected chi connectivity index (χ4v) is 3.60. The van der Waals surface area contributed by atoms with Gasteiger partial charge >= 0.3 is 12.1 Å². The van der Waals surface area contributed by atoms with Crippen molar-refractivity contribution in [3.63, 3.8) is 0 Å². The van der Waals surface area contributed by atoms with Gasteiger partial charge in [0.2, 0.25) is 0 Å². The van der Waals surface area contributed by atoms with E-state index in [0.29, 0.717) is 23.8 Å². The number of aromatic carboxylic acids is 1. The van der Waals surface area contributed by atoms with Crippen LogP contribution in [0.2, 0.25) is 5.02 Å². The third-order valence-electron chi connectivity index (χ3n) is 5.03. The molecule has 1 fully saturated rings. The Bertz CT molecular complexity index is 1000. The Morgan fingerprint density at radius 1 is 1.27 bits per heavy atom. The monoisotopic (exact) mass is 485 g/mol. The molecule has 0 radical (unpaired) electrons. The van der Waals surface area contributed by atoms with E-state index in [1.165, 1.54) is 36.4 Å². The summed E-state index contributed by atoms with van der Waals surface area (Å²) in [6, 6.07) is 10.1. The molecule has 2 atom stereocenters. The maximum Gasteiger partial charge on any atom is 0.393 e. The number of nitrogens with one attached hydrogen (secondary N) is 2. The molecule has 1 aliphatic heterocycles. The first-order valence-electron chi connectivity index (χ1n) is 10.2. The third kappa shape index (κ3) is 7.00. The zero-order valence-corrected chi connectivity index (χ0v) is 18.4. The number of rotatable bonds is 7. The van der Waals surface area contributed by atoms with E-state index in [1.807, 2.05) is 11.8 Å². The summed E-state index contributed by atoms with van der Waals surface area (Å²) in [5.74, 6) is -2.42. The molecule has 0 aliphatic carbocycles. The minimum absolute atomic E-state index is 0.0189. The van der Waals surface area contributed by atoms with Crippen LogP contribution in [0.25, 0.3) is 0 Å². The summed E-state index contributed by atoms with van der Waals surface area (Å²) in [6.45, 7) is 4.05. The van der Waals surface area contributed by atoms with Crippen LogP contribution in [-0.2, 0) is 4.79 Å². The highest BCUT2D eigenvalue weighted by molar-refractivity contribution is 6.30. The zero-order chi connectivity index (χ0) is 24.2. The number of carbonyl (C=O) groups is 2. The van der Waals surface area contributed by atoms with E-state index in [0.717, 1.165) is 6.54 Å². The number of piperazine rings is 1. The van der Waals surface area contributed by atoms with Crippen LogP contribution in [0.5, 0.6) is 5.75 Å². The van der Waals surface area contributed by atoms with Crippen LogP contribution < -0.4 is 20.3 Å². The number of carboxylic acid groups (broad SMARTS) is 1. The van der Waals surface area contributed by atoms with Crippen LogP contribution in [0.1, 0.15) is 23.7 Å². The van der Waals surface area contributed by atoms with Crippen LogP contribution in [-0.4, -0.2) is 54.9 Å². The number of carboxylic acids is 1. The van der Waals surface area contributed by atoms with E-state index in [9.17, 15) is 27.9 Å². The number of carbonyl (C=O) groups excluding carboxylic acids is 1. The lowest BCUT2D eigenvalue weighted by Gasteiger charge is -2.34. The molecule has 1 aliphatic rings. The topological polar surface area (TPSA) is 90.9 Å². The second-order valence-electron chi connectivity index (χ2n) is 7.71. The summed E-state index contributed by atoms with van der Waals surface area (Å²) in [4.78, 5) is 26.5. The van der Waals surface area contributed by atoms with Gasteiger partial charge < -0.3 is 25.4 Å². The minimum atomic E-state index is -4.69. The molecule has 3 rings (SSSR count). The van der Waals surface area contributed by atoms with Crippen LogP contribution in [0, 0.1) is 0 Å². The van der Waals surface area contributed by atoms with E-state index in [4.69, 9.17) is 16.3 Å². The first kappa shape index (κ1) is 24.7. The summed E-state index contributed by atoms with van der Waals surface area (Å²) >= 11 is 5.77. The highest BCUT2D eigenvalue weighted by Crippen LogP contribution is 2.28. The van der Waals surface area contributed by atoms with Crippen molar-refractivity contribution in [2.24, 2.45) is 0 Å². The molecule has 33 heavy (non-hydrogen) atoms. The molecule has 0 aromatic heterocycles. The first-order valence-corrected chi connectivity index (χ1v) is 10.5. The van der Waals surface area contributed by atoms with Crippen LogP contribution in [0.4, 0.5) is 24.5 Å². The van der Waals surface area contributed by atoms with Gasteiger partial charge in [-0.15, -0.1) is 0 Å². The Balaban J connectivity index is 1.82. The summed E-state index contributed by atoms with van der Waals surface area (Å²) in [5.41, 5.74) is 0.290. The summed E-state index contributed by atoms with van der Waals surface area (Å²) in [6.07, 6.45) is -8.17. The van der Waals surface area contributed by atoms with Crippen LogP contribution in [0.15, 0.2) is 42.5 Å². The number of ether oxygens (including phenoxy) is 1. The van der Waals surface area contributed by atoms with Gasteiger partial charge in [-0.25, -0.2) is 4.79 Å². The number of nitrogens with zero attached hydrogens (tertiary/aromatic N) is 1. The van der Waals surface area contributed by atoms with Crippen molar-refractivity contribution >= 4 is 34.9 Å². The molecule has 2 aromatic carbocycles. The zero-order valence-electron chi connectivity index (χ0n) is 17.7. The predicted molar refractivity (Wildman–Crippen MR) is 118 cm³/mol. The Kier molecular flexibility index (Phi) is 7.70. The molecule has 7 nitrogen and oxygen atoms in total. The molecular weight excluding hydrogens is 463 g/mol. The lowest BCUT2D eigenvalue weighted by molar-refractivity contribution is -0.158. The summed E-state index contributed by atoms with van der Waals surface area (Å²) in [5, 5.41) is 15.6. The molecule has 0 saturated carbocycles. The molecule has 1 heterocycles.